The highest BCUT2D eigenvalue weighted by atomic mass is 32.2. The number of carbonyl (C=O) groups excluding carboxylic acids is 2. The van der Waals surface area contributed by atoms with Crippen LogP contribution in [-0.4, -0.2) is 55.9 Å². The Labute approximate surface area is 159 Å². The number of sulfone groups is 1. The summed E-state index contributed by atoms with van der Waals surface area (Å²) in [6.07, 6.45) is 1.59. The highest BCUT2D eigenvalue weighted by molar-refractivity contribution is 7.90. The van der Waals surface area contributed by atoms with Crippen molar-refractivity contribution in [2.24, 2.45) is 0 Å². The maximum absolute atomic E-state index is 12.7. The van der Waals surface area contributed by atoms with Crippen LogP contribution >= 0.6 is 0 Å². The first-order valence-corrected chi connectivity index (χ1v) is 10.5. The Morgan fingerprint density at radius 2 is 1.59 bits per heavy atom. The molecule has 2 aromatic rings. The van der Waals surface area contributed by atoms with Crippen LogP contribution in [0.3, 0.4) is 0 Å². The smallest absolute Gasteiger partial charge is 0.245 e. The van der Waals surface area contributed by atoms with E-state index in [-0.39, 0.29) is 29.8 Å². The lowest BCUT2D eigenvalue weighted by molar-refractivity contribution is -0.155. The van der Waals surface area contributed by atoms with Gasteiger partial charge in [-0.15, -0.1) is 0 Å². The molecular weight excluding hydrogens is 364 g/mol. The second kappa shape index (κ2) is 7.52. The van der Waals surface area contributed by atoms with Gasteiger partial charge in [-0.2, -0.15) is 0 Å². The first-order valence-electron chi connectivity index (χ1n) is 8.63. The summed E-state index contributed by atoms with van der Waals surface area (Å²) in [5.74, 6) is -0.212. The summed E-state index contributed by atoms with van der Waals surface area (Å²) in [6, 6.07) is 15.4. The van der Waals surface area contributed by atoms with Crippen molar-refractivity contribution in [1.29, 1.82) is 0 Å². The number of rotatable bonds is 5. The van der Waals surface area contributed by atoms with Gasteiger partial charge in [-0.1, -0.05) is 42.5 Å². The second-order valence-electron chi connectivity index (χ2n) is 6.84. The molecule has 1 saturated heterocycles. The van der Waals surface area contributed by atoms with Crippen LogP contribution < -0.4 is 0 Å². The van der Waals surface area contributed by atoms with E-state index < -0.39 is 15.9 Å². The van der Waals surface area contributed by atoms with E-state index in [1.54, 1.807) is 24.1 Å². The number of amides is 2. The van der Waals surface area contributed by atoms with Gasteiger partial charge in [0, 0.05) is 26.3 Å². The largest absolute Gasteiger partial charge is 0.335 e. The first kappa shape index (κ1) is 19.1. The maximum atomic E-state index is 12.7. The van der Waals surface area contributed by atoms with Crippen LogP contribution in [0.1, 0.15) is 11.1 Å². The predicted molar refractivity (Wildman–Crippen MR) is 102 cm³/mol. The lowest BCUT2D eigenvalue weighted by Gasteiger charge is -2.39. The van der Waals surface area contributed by atoms with E-state index in [0.717, 1.165) is 17.4 Å². The molecule has 0 spiro atoms. The molecule has 1 fully saturated rings. The Bertz CT molecular complexity index is 940. The van der Waals surface area contributed by atoms with Crippen LogP contribution in [0, 0.1) is 0 Å². The Morgan fingerprint density at radius 1 is 0.963 bits per heavy atom. The average molecular weight is 386 g/mol. The molecule has 2 aromatic carbocycles. The van der Waals surface area contributed by atoms with Gasteiger partial charge < -0.3 is 9.80 Å². The monoisotopic (exact) mass is 386 g/mol. The molecule has 0 radical (unpaired) electrons. The van der Waals surface area contributed by atoms with Gasteiger partial charge in [0.1, 0.15) is 6.04 Å². The van der Waals surface area contributed by atoms with Crippen LogP contribution in [0.25, 0.3) is 0 Å². The lowest BCUT2D eigenvalue weighted by atomic mass is 10.0. The molecule has 1 aliphatic heterocycles. The molecule has 2 amide bonds. The van der Waals surface area contributed by atoms with Gasteiger partial charge in [0.15, 0.2) is 9.84 Å². The number of hydrogen-bond acceptors (Lipinski definition) is 4. The summed E-state index contributed by atoms with van der Waals surface area (Å²) in [7, 11) is -1.64. The van der Waals surface area contributed by atoms with Gasteiger partial charge in [0.25, 0.3) is 0 Å². The fraction of sp³-hybridized carbons (Fsp3) is 0.300. The number of piperazine rings is 1. The Kier molecular flexibility index (Phi) is 5.32. The van der Waals surface area contributed by atoms with Crippen molar-refractivity contribution in [2.45, 2.75) is 23.9 Å². The zero-order valence-electron chi connectivity index (χ0n) is 15.3. The summed E-state index contributed by atoms with van der Waals surface area (Å²) >= 11 is 0. The molecule has 7 heteroatoms. The van der Waals surface area contributed by atoms with Crippen LogP contribution in [0.4, 0.5) is 0 Å². The highest BCUT2D eigenvalue weighted by Gasteiger charge is 2.37. The normalized spacial score (nSPS) is 18.1. The van der Waals surface area contributed by atoms with Crippen LogP contribution in [0.5, 0.6) is 0 Å². The molecule has 142 valence electrons. The first-order chi connectivity index (χ1) is 12.8. The summed E-state index contributed by atoms with van der Waals surface area (Å²) in [5.41, 5.74) is 1.77. The van der Waals surface area contributed by atoms with Crippen molar-refractivity contribution in [2.75, 3.05) is 19.8 Å². The molecule has 3 rings (SSSR count). The van der Waals surface area contributed by atoms with Crippen LogP contribution in [0.2, 0.25) is 0 Å². The van der Waals surface area contributed by atoms with E-state index in [4.69, 9.17) is 0 Å². The third-order valence-electron chi connectivity index (χ3n) is 4.71. The Morgan fingerprint density at radius 3 is 2.19 bits per heavy atom. The summed E-state index contributed by atoms with van der Waals surface area (Å²) in [5, 5.41) is 0. The second-order valence-corrected chi connectivity index (χ2v) is 8.85. The predicted octanol–water partition coefficient (Wildman–Crippen LogP) is 1.50. The van der Waals surface area contributed by atoms with E-state index in [1.165, 1.54) is 17.0 Å². The number of nitrogens with zero attached hydrogens (tertiary/aromatic N) is 2. The fourth-order valence-corrected chi connectivity index (χ4v) is 3.84. The molecule has 0 bridgehead atoms. The van der Waals surface area contributed by atoms with Gasteiger partial charge in [-0.25, -0.2) is 8.42 Å². The van der Waals surface area contributed by atoms with Crippen LogP contribution in [0.15, 0.2) is 59.5 Å². The van der Waals surface area contributed by atoms with Crippen molar-refractivity contribution < 1.29 is 18.0 Å². The summed E-state index contributed by atoms with van der Waals surface area (Å²) < 4.78 is 23.2. The van der Waals surface area contributed by atoms with E-state index >= 15 is 0 Å². The Balaban J connectivity index is 1.85. The molecule has 1 aliphatic rings. The van der Waals surface area contributed by atoms with Gasteiger partial charge >= 0.3 is 0 Å². The minimum atomic E-state index is -3.27. The molecule has 1 heterocycles. The van der Waals surface area contributed by atoms with Crippen molar-refractivity contribution in [3.05, 3.63) is 65.7 Å². The number of hydrogen-bond donors (Lipinski definition) is 0. The third-order valence-corrected chi connectivity index (χ3v) is 5.84. The quantitative estimate of drug-likeness (QED) is 0.781. The number of benzene rings is 2. The zero-order valence-corrected chi connectivity index (χ0v) is 16.1. The fourth-order valence-electron chi connectivity index (χ4n) is 3.21. The third kappa shape index (κ3) is 4.36. The molecule has 0 aromatic heterocycles. The minimum Gasteiger partial charge on any atom is -0.335 e. The minimum absolute atomic E-state index is 0.0472. The van der Waals surface area contributed by atoms with Crippen molar-refractivity contribution in [3.8, 4) is 0 Å². The van der Waals surface area contributed by atoms with E-state index in [9.17, 15) is 18.0 Å². The molecule has 6 nitrogen and oxygen atoms in total. The van der Waals surface area contributed by atoms with E-state index in [2.05, 4.69) is 0 Å². The van der Waals surface area contributed by atoms with Gasteiger partial charge in [0.05, 0.1) is 11.4 Å². The average Bonchev–Trinajstić information content (AvgIpc) is 2.63. The molecule has 0 aliphatic carbocycles. The maximum Gasteiger partial charge on any atom is 0.245 e. The zero-order chi connectivity index (χ0) is 19.6. The molecule has 0 saturated carbocycles. The van der Waals surface area contributed by atoms with Gasteiger partial charge in [-0.3, -0.25) is 9.59 Å². The molecular formula is C20H22N2O4S. The lowest BCUT2D eigenvalue weighted by Crippen LogP contribution is -2.59. The van der Waals surface area contributed by atoms with Gasteiger partial charge in [0.2, 0.25) is 11.8 Å². The highest BCUT2D eigenvalue weighted by Crippen LogP contribution is 2.20. The van der Waals surface area contributed by atoms with Crippen molar-refractivity contribution >= 4 is 21.7 Å². The standard InChI is InChI=1S/C20H22N2O4S/c1-21-14-19(23)22(13-16-8-10-17(11-9-16)27(2,25)26)18(20(21)24)12-15-6-4-3-5-7-15/h3-11,18H,12-14H2,1-2H3/t18-/m1/s1. The van der Waals surface area contributed by atoms with E-state index in [0.29, 0.717) is 6.42 Å². The molecule has 0 N–H and O–H groups in total. The number of carbonyl (C=O) groups is 2. The summed E-state index contributed by atoms with van der Waals surface area (Å²) in [4.78, 5) is 28.6. The van der Waals surface area contributed by atoms with Crippen LogP contribution in [-0.2, 0) is 32.4 Å². The SMILES string of the molecule is CN1CC(=O)N(Cc2ccc(S(C)(=O)=O)cc2)[C@H](Cc2ccccc2)C1=O. The molecule has 27 heavy (non-hydrogen) atoms. The number of likely N-dealkylation sites (N-methyl/N-ethyl adjacent to an activating group) is 1. The topological polar surface area (TPSA) is 74.8 Å². The summed E-state index contributed by atoms with van der Waals surface area (Å²) in [6.45, 7) is 0.311. The Hall–Kier alpha value is -2.67. The van der Waals surface area contributed by atoms with E-state index in [1.807, 2.05) is 30.3 Å². The van der Waals surface area contributed by atoms with Crippen molar-refractivity contribution in [1.82, 2.24) is 9.80 Å². The van der Waals surface area contributed by atoms with Gasteiger partial charge in [-0.05, 0) is 23.3 Å². The molecule has 1 atom stereocenters. The van der Waals surface area contributed by atoms with Crippen molar-refractivity contribution in [3.63, 3.8) is 0 Å². The molecule has 0 unspecified atom stereocenters.